The van der Waals surface area contributed by atoms with Crippen LogP contribution in [0.3, 0.4) is 0 Å². The molecule has 4 heteroatoms. The maximum absolute atomic E-state index is 6.02. The van der Waals surface area contributed by atoms with Crippen LogP contribution in [0.25, 0.3) is 0 Å². The second kappa shape index (κ2) is 5.19. The van der Waals surface area contributed by atoms with Gasteiger partial charge in [0.2, 0.25) is 0 Å². The summed E-state index contributed by atoms with van der Waals surface area (Å²) in [5, 5.41) is 7.98. The molecule has 0 amide bonds. The lowest BCUT2D eigenvalue weighted by molar-refractivity contribution is 0.318. The van der Waals surface area contributed by atoms with Crippen molar-refractivity contribution < 1.29 is 0 Å². The van der Waals surface area contributed by atoms with Crippen LogP contribution < -0.4 is 11.1 Å². The summed E-state index contributed by atoms with van der Waals surface area (Å²) in [4.78, 5) is 0. The Morgan fingerprint density at radius 2 is 2.29 bits per heavy atom. The molecule has 1 aromatic heterocycles. The van der Waals surface area contributed by atoms with E-state index in [1.54, 1.807) is 0 Å². The number of nitrogens with two attached hydrogens (primary N) is 1. The van der Waals surface area contributed by atoms with Crippen molar-refractivity contribution in [1.29, 1.82) is 0 Å². The molecule has 3 atom stereocenters. The fraction of sp³-hybridized carbons (Fsp3) is 0.769. The van der Waals surface area contributed by atoms with Crippen molar-refractivity contribution in [3.05, 3.63) is 17.5 Å². The van der Waals surface area contributed by atoms with Crippen LogP contribution in [-0.2, 0) is 7.05 Å². The van der Waals surface area contributed by atoms with E-state index in [2.05, 4.69) is 24.3 Å². The van der Waals surface area contributed by atoms with Gasteiger partial charge in [0.25, 0.3) is 0 Å². The second-order valence-corrected chi connectivity index (χ2v) is 5.32. The van der Waals surface area contributed by atoms with Crippen molar-refractivity contribution in [2.75, 3.05) is 0 Å². The number of aryl methyl sites for hydroxylation is 1. The maximum Gasteiger partial charge on any atom is 0.0540 e. The van der Waals surface area contributed by atoms with Crippen LogP contribution in [0.1, 0.15) is 49.9 Å². The molecule has 0 saturated heterocycles. The van der Waals surface area contributed by atoms with Crippen LogP contribution in [0, 0.1) is 6.92 Å². The van der Waals surface area contributed by atoms with Gasteiger partial charge in [-0.15, -0.1) is 0 Å². The largest absolute Gasteiger partial charge is 0.328 e. The third-order valence-corrected chi connectivity index (χ3v) is 3.94. The Morgan fingerprint density at radius 3 is 2.88 bits per heavy atom. The van der Waals surface area contributed by atoms with E-state index in [0.717, 1.165) is 6.42 Å². The van der Waals surface area contributed by atoms with Gasteiger partial charge >= 0.3 is 0 Å². The standard InChI is InChI=1S/C13H24N4/c1-9(13-8-15-17(3)10(13)2)16-12-6-4-5-11(14)7-12/h8-9,11-12,16H,4-7,14H2,1-3H3. The highest BCUT2D eigenvalue weighted by atomic mass is 15.3. The first-order valence-corrected chi connectivity index (χ1v) is 6.58. The number of hydrogen-bond acceptors (Lipinski definition) is 3. The summed E-state index contributed by atoms with van der Waals surface area (Å²) in [5.41, 5.74) is 8.56. The Kier molecular flexibility index (Phi) is 3.84. The van der Waals surface area contributed by atoms with Crippen molar-refractivity contribution in [2.24, 2.45) is 12.8 Å². The van der Waals surface area contributed by atoms with Crippen molar-refractivity contribution in [1.82, 2.24) is 15.1 Å². The molecule has 0 spiro atoms. The molecule has 1 aliphatic rings. The smallest absolute Gasteiger partial charge is 0.0540 e. The van der Waals surface area contributed by atoms with Gasteiger partial charge in [0.1, 0.15) is 0 Å². The Bertz CT molecular complexity index is 371. The summed E-state index contributed by atoms with van der Waals surface area (Å²) in [6.07, 6.45) is 6.74. The maximum atomic E-state index is 6.02. The monoisotopic (exact) mass is 236 g/mol. The van der Waals surface area contributed by atoms with Gasteiger partial charge in [-0.05, 0) is 33.1 Å². The van der Waals surface area contributed by atoms with E-state index in [-0.39, 0.29) is 0 Å². The predicted molar refractivity (Wildman–Crippen MR) is 69.7 cm³/mol. The van der Waals surface area contributed by atoms with Gasteiger partial charge < -0.3 is 11.1 Å². The molecule has 1 fully saturated rings. The zero-order valence-corrected chi connectivity index (χ0v) is 11.1. The van der Waals surface area contributed by atoms with Crippen LogP contribution in [0.15, 0.2) is 6.20 Å². The summed E-state index contributed by atoms with van der Waals surface area (Å²) in [6.45, 7) is 4.33. The van der Waals surface area contributed by atoms with Crippen molar-refractivity contribution >= 4 is 0 Å². The zero-order valence-electron chi connectivity index (χ0n) is 11.1. The first-order valence-electron chi connectivity index (χ1n) is 6.58. The van der Waals surface area contributed by atoms with Gasteiger partial charge in [0, 0.05) is 36.4 Å². The number of nitrogens with zero attached hydrogens (tertiary/aromatic N) is 2. The van der Waals surface area contributed by atoms with E-state index in [1.165, 1.54) is 30.5 Å². The topological polar surface area (TPSA) is 55.9 Å². The highest BCUT2D eigenvalue weighted by molar-refractivity contribution is 5.19. The van der Waals surface area contributed by atoms with Gasteiger partial charge in [-0.3, -0.25) is 4.68 Å². The van der Waals surface area contributed by atoms with E-state index < -0.39 is 0 Å². The molecule has 0 aliphatic heterocycles. The minimum atomic E-state index is 0.360. The molecule has 0 bridgehead atoms. The highest BCUT2D eigenvalue weighted by Crippen LogP contribution is 2.22. The Balaban J connectivity index is 1.96. The van der Waals surface area contributed by atoms with Crippen LogP contribution >= 0.6 is 0 Å². The fourth-order valence-corrected chi connectivity index (χ4v) is 2.76. The van der Waals surface area contributed by atoms with Gasteiger partial charge in [-0.1, -0.05) is 6.42 Å². The Hall–Kier alpha value is -0.870. The molecule has 2 rings (SSSR count). The van der Waals surface area contributed by atoms with Crippen LogP contribution in [0.4, 0.5) is 0 Å². The van der Waals surface area contributed by atoms with E-state index in [9.17, 15) is 0 Å². The molecule has 1 aromatic rings. The molecular weight excluding hydrogens is 212 g/mol. The highest BCUT2D eigenvalue weighted by Gasteiger charge is 2.22. The first kappa shape index (κ1) is 12.6. The second-order valence-electron chi connectivity index (χ2n) is 5.32. The fourth-order valence-electron chi connectivity index (χ4n) is 2.76. The average Bonchev–Trinajstić information content (AvgIpc) is 2.60. The SMILES string of the molecule is Cc1c(C(C)NC2CCCC(N)C2)cnn1C. The first-order chi connectivity index (χ1) is 8.08. The molecule has 0 aromatic carbocycles. The summed E-state index contributed by atoms with van der Waals surface area (Å²) < 4.78 is 1.93. The lowest BCUT2D eigenvalue weighted by atomic mass is 9.91. The van der Waals surface area contributed by atoms with Gasteiger partial charge in [-0.2, -0.15) is 5.10 Å². The summed E-state index contributed by atoms with van der Waals surface area (Å²) in [7, 11) is 1.99. The molecule has 0 radical (unpaired) electrons. The van der Waals surface area contributed by atoms with E-state index >= 15 is 0 Å². The van der Waals surface area contributed by atoms with E-state index in [1.807, 2.05) is 17.9 Å². The number of aromatic nitrogens is 2. The molecule has 3 N–H and O–H groups in total. The van der Waals surface area contributed by atoms with Gasteiger partial charge in [0.05, 0.1) is 6.20 Å². The minimum absolute atomic E-state index is 0.360. The van der Waals surface area contributed by atoms with Gasteiger partial charge in [-0.25, -0.2) is 0 Å². The van der Waals surface area contributed by atoms with E-state index in [4.69, 9.17) is 5.73 Å². The third-order valence-electron chi connectivity index (χ3n) is 3.94. The normalized spacial score (nSPS) is 27.1. The number of nitrogens with one attached hydrogen (secondary N) is 1. The summed E-state index contributed by atoms with van der Waals surface area (Å²) >= 11 is 0. The predicted octanol–water partition coefficient (Wildman–Crippen LogP) is 1.65. The number of hydrogen-bond donors (Lipinski definition) is 2. The average molecular weight is 236 g/mol. The van der Waals surface area contributed by atoms with Crippen LogP contribution in [0.2, 0.25) is 0 Å². The molecule has 4 nitrogen and oxygen atoms in total. The van der Waals surface area contributed by atoms with Crippen molar-refractivity contribution in [3.63, 3.8) is 0 Å². The minimum Gasteiger partial charge on any atom is -0.328 e. The molecule has 17 heavy (non-hydrogen) atoms. The molecule has 1 heterocycles. The quantitative estimate of drug-likeness (QED) is 0.839. The van der Waals surface area contributed by atoms with Crippen LogP contribution in [0.5, 0.6) is 0 Å². The lowest BCUT2D eigenvalue weighted by Gasteiger charge is -2.30. The van der Waals surface area contributed by atoms with Crippen molar-refractivity contribution in [3.8, 4) is 0 Å². The third kappa shape index (κ3) is 2.87. The molecule has 1 saturated carbocycles. The molecule has 96 valence electrons. The lowest BCUT2D eigenvalue weighted by Crippen LogP contribution is -2.40. The van der Waals surface area contributed by atoms with E-state index in [0.29, 0.717) is 18.1 Å². The Labute approximate surface area is 104 Å². The Morgan fingerprint density at radius 1 is 1.53 bits per heavy atom. The van der Waals surface area contributed by atoms with Gasteiger partial charge in [0.15, 0.2) is 0 Å². The van der Waals surface area contributed by atoms with Crippen LogP contribution in [-0.4, -0.2) is 21.9 Å². The zero-order chi connectivity index (χ0) is 12.4. The molecular formula is C13H24N4. The van der Waals surface area contributed by atoms with Crippen molar-refractivity contribution in [2.45, 2.75) is 57.7 Å². The molecule has 1 aliphatic carbocycles. The molecule has 3 unspecified atom stereocenters. The number of rotatable bonds is 3. The summed E-state index contributed by atoms with van der Waals surface area (Å²) in [5.74, 6) is 0. The summed E-state index contributed by atoms with van der Waals surface area (Å²) in [6, 6.07) is 1.30.